The van der Waals surface area contributed by atoms with E-state index in [2.05, 4.69) is 0 Å². The standard InChI is InChI=1S/C10H14O3/c1-7(11)10(13)6-8-2-4-9(12)5-3-8/h2-5,7,10-13H,6H2,1H3/t7-,10-/m0/s1. The van der Waals surface area contributed by atoms with Gasteiger partial charge < -0.3 is 15.3 Å². The maximum absolute atomic E-state index is 9.34. The molecule has 1 aromatic rings. The first-order valence-corrected chi connectivity index (χ1v) is 4.23. The zero-order valence-electron chi connectivity index (χ0n) is 7.51. The van der Waals surface area contributed by atoms with E-state index in [9.17, 15) is 5.11 Å². The van der Waals surface area contributed by atoms with Crippen molar-refractivity contribution < 1.29 is 15.3 Å². The fourth-order valence-electron chi connectivity index (χ4n) is 1.04. The quantitative estimate of drug-likeness (QED) is 0.644. The SMILES string of the molecule is C[C@H](O)[C@@H](O)Cc1ccc(O)cc1. The summed E-state index contributed by atoms with van der Waals surface area (Å²) < 4.78 is 0. The van der Waals surface area contributed by atoms with Crippen LogP contribution in [0.3, 0.4) is 0 Å². The van der Waals surface area contributed by atoms with Crippen LogP contribution in [0.2, 0.25) is 0 Å². The number of aromatic hydroxyl groups is 1. The summed E-state index contributed by atoms with van der Waals surface area (Å²) in [6, 6.07) is 6.57. The number of aliphatic hydroxyl groups is 2. The molecule has 13 heavy (non-hydrogen) atoms. The Bertz CT molecular complexity index is 253. The molecule has 0 fully saturated rings. The summed E-state index contributed by atoms with van der Waals surface area (Å²) in [6.45, 7) is 1.55. The van der Waals surface area contributed by atoms with Crippen LogP contribution in [0.1, 0.15) is 12.5 Å². The highest BCUT2D eigenvalue weighted by atomic mass is 16.3. The number of aliphatic hydroxyl groups excluding tert-OH is 2. The number of rotatable bonds is 3. The summed E-state index contributed by atoms with van der Waals surface area (Å²) in [5.74, 6) is 0.204. The minimum absolute atomic E-state index is 0.204. The zero-order valence-corrected chi connectivity index (χ0v) is 7.51. The minimum atomic E-state index is -0.746. The van der Waals surface area contributed by atoms with Gasteiger partial charge in [0.15, 0.2) is 0 Å². The van der Waals surface area contributed by atoms with Crippen molar-refractivity contribution >= 4 is 0 Å². The third kappa shape index (κ3) is 3.05. The van der Waals surface area contributed by atoms with Crippen LogP contribution in [-0.4, -0.2) is 27.5 Å². The van der Waals surface area contributed by atoms with E-state index < -0.39 is 12.2 Å². The second-order valence-corrected chi connectivity index (χ2v) is 3.18. The molecule has 0 spiro atoms. The molecule has 3 heteroatoms. The molecular weight excluding hydrogens is 168 g/mol. The third-order valence-corrected chi connectivity index (χ3v) is 1.94. The van der Waals surface area contributed by atoms with Crippen LogP contribution in [0, 0.1) is 0 Å². The molecule has 0 radical (unpaired) electrons. The Morgan fingerprint density at radius 3 is 2.15 bits per heavy atom. The van der Waals surface area contributed by atoms with Crippen molar-refractivity contribution in [2.24, 2.45) is 0 Å². The first kappa shape index (κ1) is 10.0. The molecular formula is C10H14O3. The van der Waals surface area contributed by atoms with E-state index in [-0.39, 0.29) is 5.75 Å². The molecule has 2 atom stereocenters. The molecule has 0 amide bonds. The average Bonchev–Trinajstić information content (AvgIpc) is 2.08. The maximum atomic E-state index is 9.34. The molecule has 0 aliphatic carbocycles. The van der Waals surface area contributed by atoms with Crippen molar-refractivity contribution in [3.63, 3.8) is 0 Å². The Kier molecular flexibility index (Phi) is 3.28. The molecule has 3 N–H and O–H groups in total. The molecule has 0 aromatic heterocycles. The normalized spacial score (nSPS) is 15.3. The van der Waals surface area contributed by atoms with Gasteiger partial charge in [-0.25, -0.2) is 0 Å². The molecule has 0 bridgehead atoms. The van der Waals surface area contributed by atoms with Crippen LogP contribution in [-0.2, 0) is 6.42 Å². The van der Waals surface area contributed by atoms with E-state index in [1.54, 1.807) is 31.2 Å². The van der Waals surface area contributed by atoms with Gasteiger partial charge in [-0.15, -0.1) is 0 Å². The van der Waals surface area contributed by atoms with E-state index in [0.29, 0.717) is 6.42 Å². The predicted molar refractivity (Wildman–Crippen MR) is 49.5 cm³/mol. The molecule has 0 saturated carbocycles. The number of hydrogen-bond acceptors (Lipinski definition) is 3. The maximum Gasteiger partial charge on any atom is 0.115 e. The number of phenols is 1. The lowest BCUT2D eigenvalue weighted by molar-refractivity contribution is 0.0319. The number of benzene rings is 1. The zero-order chi connectivity index (χ0) is 9.84. The van der Waals surface area contributed by atoms with Crippen molar-refractivity contribution in [1.29, 1.82) is 0 Å². The first-order chi connectivity index (χ1) is 6.09. The van der Waals surface area contributed by atoms with Gasteiger partial charge in [0, 0.05) is 6.42 Å². The largest absolute Gasteiger partial charge is 0.508 e. The molecule has 3 nitrogen and oxygen atoms in total. The highest BCUT2D eigenvalue weighted by Gasteiger charge is 2.10. The summed E-state index contributed by atoms with van der Waals surface area (Å²) in [7, 11) is 0. The fraction of sp³-hybridized carbons (Fsp3) is 0.400. The summed E-state index contributed by atoms with van der Waals surface area (Å²) in [5.41, 5.74) is 0.895. The lowest BCUT2D eigenvalue weighted by Crippen LogP contribution is -2.24. The van der Waals surface area contributed by atoms with Crippen LogP contribution < -0.4 is 0 Å². The highest BCUT2D eigenvalue weighted by Crippen LogP contribution is 2.12. The smallest absolute Gasteiger partial charge is 0.115 e. The lowest BCUT2D eigenvalue weighted by atomic mass is 10.0. The minimum Gasteiger partial charge on any atom is -0.508 e. The van der Waals surface area contributed by atoms with Gasteiger partial charge >= 0.3 is 0 Å². The van der Waals surface area contributed by atoms with Gasteiger partial charge in [-0.1, -0.05) is 12.1 Å². The molecule has 0 unspecified atom stereocenters. The summed E-state index contributed by atoms with van der Waals surface area (Å²) in [4.78, 5) is 0. The van der Waals surface area contributed by atoms with Gasteiger partial charge in [0.2, 0.25) is 0 Å². The van der Waals surface area contributed by atoms with Crippen LogP contribution in [0.4, 0.5) is 0 Å². The topological polar surface area (TPSA) is 60.7 Å². The Morgan fingerprint density at radius 2 is 1.69 bits per heavy atom. The molecule has 0 aliphatic heterocycles. The van der Waals surface area contributed by atoms with E-state index in [0.717, 1.165) is 5.56 Å². The number of hydrogen-bond donors (Lipinski definition) is 3. The molecule has 1 aromatic carbocycles. The van der Waals surface area contributed by atoms with E-state index in [1.165, 1.54) is 0 Å². The van der Waals surface area contributed by atoms with Crippen molar-refractivity contribution in [3.8, 4) is 5.75 Å². The Morgan fingerprint density at radius 1 is 1.15 bits per heavy atom. The second-order valence-electron chi connectivity index (χ2n) is 3.18. The molecule has 0 aliphatic rings. The van der Waals surface area contributed by atoms with Gasteiger partial charge in [-0.2, -0.15) is 0 Å². The average molecular weight is 182 g/mol. The Hall–Kier alpha value is -1.06. The van der Waals surface area contributed by atoms with Crippen LogP contribution in [0.5, 0.6) is 5.75 Å². The highest BCUT2D eigenvalue weighted by molar-refractivity contribution is 5.26. The Labute approximate surface area is 77.3 Å². The van der Waals surface area contributed by atoms with Crippen LogP contribution in [0.25, 0.3) is 0 Å². The van der Waals surface area contributed by atoms with Crippen LogP contribution in [0.15, 0.2) is 24.3 Å². The summed E-state index contributed by atoms with van der Waals surface area (Å²) in [5, 5.41) is 27.4. The van der Waals surface area contributed by atoms with Gasteiger partial charge in [0.25, 0.3) is 0 Å². The van der Waals surface area contributed by atoms with Crippen molar-refractivity contribution in [3.05, 3.63) is 29.8 Å². The summed E-state index contributed by atoms with van der Waals surface area (Å²) >= 11 is 0. The molecule has 0 saturated heterocycles. The lowest BCUT2D eigenvalue weighted by Gasteiger charge is -2.13. The molecule has 72 valence electrons. The van der Waals surface area contributed by atoms with Gasteiger partial charge in [0.1, 0.15) is 5.75 Å². The monoisotopic (exact) mass is 182 g/mol. The Balaban J connectivity index is 2.59. The molecule has 0 heterocycles. The molecule has 1 rings (SSSR count). The predicted octanol–water partition coefficient (Wildman–Crippen LogP) is 0.676. The number of phenolic OH excluding ortho intramolecular Hbond substituents is 1. The second kappa shape index (κ2) is 4.25. The van der Waals surface area contributed by atoms with Crippen molar-refractivity contribution in [2.75, 3.05) is 0 Å². The third-order valence-electron chi connectivity index (χ3n) is 1.94. The van der Waals surface area contributed by atoms with Gasteiger partial charge in [-0.3, -0.25) is 0 Å². The van der Waals surface area contributed by atoms with E-state index in [4.69, 9.17) is 10.2 Å². The first-order valence-electron chi connectivity index (χ1n) is 4.23. The van der Waals surface area contributed by atoms with E-state index in [1.807, 2.05) is 0 Å². The van der Waals surface area contributed by atoms with Gasteiger partial charge in [-0.05, 0) is 24.6 Å². The van der Waals surface area contributed by atoms with Crippen LogP contribution >= 0.6 is 0 Å². The van der Waals surface area contributed by atoms with Crippen molar-refractivity contribution in [1.82, 2.24) is 0 Å². The fourth-order valence-corrected chi connectivity index (χ4v) is 1.04. The summed E-state index contributed by atoms with van der Waals surface area (Å²) in [6.07, 6.45) is -1.07. The van der Waals surface area contributed by atoms with Gasteiger partial charge in [0.05, 0.1) is 12.2 Å². The van der Waals surface area contributed by atoms with E-state index >= 15 is 0 Å². The van der Waals surface area contributed by atoms with Crippen molar-refractivity contribution in [2.45, 2.75) is 25.6 Å².